The molecule has 0 amide bonds. The Balaban J connectivity index is 0.00000280. The van der Waals surface area contributed by atoms with Gasteiger partial charge in [0, 0.05) is 58.9 Å². The fourth-order valence-corrected chi connectivity index (χ4v) is 3.38. The van der Waals surface area contributed by atoms with Gasteiger partial charge in [-0.2, -0.15) is 0 Å². The molecule has 1 fully saturated rings. The Morgan fingerprint density at radius 2 is 1.93 bits per heavy atom. The summed E-state index contributed by atoms with van der Waals surface area (Å²) < 4.78 is 4.92. The second-order valence-electron chi connectivity index (χ2n) is 7.21. The summed E-state index contributed by atoms with van der Waals surface area (Å²) >= 11 is 0. The Labute approximate surface area is 184 Å². The van der Waals surface area contributed by atoms with Gasteiger partial charge in [0.05, 0.1) is 5.69 Å². The minimum Gasteiger partial charge on any atom is -0.364 e. The molecule has 1 aromatic heterocycles. The predicted octanol–water partition coefficient (Wildman–Crippen LogP) is 2.25. The van der Waals surface area contributed by atoms with E-state index in [0.717, 1.165) is 57.5 Å². The van der Waals surface area contributed by atoms with Gasteiger partial charge in [-0.3, -0.25) is 9.89 Å². The topological polar surface area (TPSA) is 60.1 Å². The number of guanidine groups is 1. The highest BCUT2D eigenvalue weighted by atomic mass is 127. The van der Waals surface area contributed by atoms with Crippen LogP contribution in [-0.4, -0.2) is 73.1 Å². The van der Waals surface area contributed by atoms with Crippen LogP contribution in [0.2, 0.25) is 0 Å². The Hall–Kier alpha value is -1.65. The van der Waals surface area contributed by atoms with Crippen LogP contribution < -0.4 is 5.32 Å². The summed E-state index contributed by atoms with van der Waals surface area (Å²) in [5.74, 6) is 0.967. The molecule has 0 aliphatic carbocycles. The minimum atomic E-state index is 0. The fraction of sp³-hybridized carbons (Fsp3) is 0.500. The number of halogens is 1. The summed E-state index contributed by atoms with van der Waals surface area (Å²) in [4.78, 5) is 11.4. The van der Waals surface area contributed by atoms with E-state index in [0.29, 0.717) is 0 Å². The van der Waals surface area contributed by atoms with Gasteiger partial charge in [0.25, 0.3) is 0 Å². The van der Waals surface area contributed by atoms with Crippen LogP contribution in [0.1, 0.15) is 16.8 Å². The van der Waals surface area contributed by atoms with Gasteiger partial charge in [-0.05, 0) is 25.2 Å². The lowest BCUT2D eigenvalue weighted by Crippen LogP contribution is -2.52. The summed E-state index contributed by atoms with van der Waals surface area (Å²) in [5.41, 5.74) is 3.60. The van der Waals surface area contributed by atoms with Crippen molar-refractivity contribution in [3.05, 3.63) is 53.4 Å². The number of hydrogen-bond acceptors (Lipinski definition) is 5. The van der Waals surface area contributed by atoms with E-state index in [1.807, 2.05) is 13.1 Å². The van der Waals surface area contributed by atoms with Crippen molar-refractivity contribution < 1.29 is 4.52 Å². The largest absolute Gasteiger partial charge is 0.364 e. The maximum absolute atomic E-state index is 4.92. The summed E-state index contributed by atoms with van der Waals surface area (Å²) in [6.07, 6.45) is 1.63. The van der Waals surface area contributed by atoms with Gasteiger partial charge in [-0.1, -0.05) is 29.4 Å². The van der Waals surface area contributed by atoms with Crippen LogP contribution in [0.25, 0.3) is 0 Å². The highest BCUT2D eigenvalue weighted by Gasteiger charge is 2.20. The van der Waals surface area contributed by atoms with Crippen molar-refractivity contribution >= 4 is 29.9 Å². The lowest BCUT2D eigenvalue weighted by molar-refractivity contribution is 0.169. The van der Waals surface area contributed by atoms with Gasteiger partial charge >= 0.3 is 0 Å². The maximum atomic E-state index is 4.92. The van der Waals surface area contributed by atoms with Crippen LogP contribution in [0.3, 0.4) is 0 Å². The van der Waals surface area contributed by atoms with E-state index in [1.165, 1.54) is 11.1 Å². The molecular formula is C20H31IN6O. The molecular weight excluding hydrogens is 467 g/mol. The molecule has 1 saturated heterocycles. The quantitative estimate of drug-likeness (QED) is 0.375. The molecule has 28 heavy (non-hydrogen) atoms. The Morgan fingerprint density at radius 3 is 2.57 bits per heavy atom. The number of piperazine rings is 1. The van der Waals surface area contributed by atoms with Gasteiger partial charge in [0.2, 0.25) is 0 Å². The molecule has 1 aliphatic rings. The Kier molecular flexibility index (Phi) is 9.20. The number of nitrogens with zero attached hydrogens (tertiary/aromatic N) is 5. The zero-order chi connectivity index (χ0) is 19.1. The van der Waals surface area contributed by atoms with Gasteiger partial charge < -0.3 is 19.6 Å². The monoisotopic (exact) mass is 498 g/mol. The third-order valence-electron chi connectivity index (χ3n) is 4.70. The molecule has 154 valence electrons. The lowest BCUT2D eigenvalue weighted by Gasteiger charge is -2.36. The van der Waals surface area contributed by atoms with Gasteiger partial charge in [0.1, 0.15) is 6.26 Å². The number of hydrogen-bond donors (Lipinski definition) is 1. The third kappa shape index (κ3) is 6.75. The summed E-state index contributed by atoms with van der Waals surface area (Å²) in [6.45, 7) is 6.48. The molecule has 7 nitrogen and oxygen atoms in total. The first-order valence-electron chi connectivity index (χ1n) is 9.44. The molecule has 2 aromatic rings. The van der Waals surface area contributed by atoms with E-state index in [2.05, 4.69) is 68.5 Å². The Bertz CT molecular complexity index is 726. The van der Waals surface area contributed by atoms with Gasteiger partial charge in [-0.25, -0.2) is 0 Å². The maximum Gasteiger partial charge on any atom is 0.194 e. The molecule has 0 radical (unpaired) electrons. The van der Waals surface area contributed by atoms with Gasteiger partial charge in [0.15, 0.2) is 5.96 Å². The van der Waals surface area contributed by atoms with Crippen molar-refractivity contribution in [2.24, 2.45) is 4.99 Å². The van der Waals surface area contributed by atoms with Gasteiger partial charge in [-0.15, -0.1) is 24.0 Å². The number of rotatable bonds is 6. The fourth-order valence-electron chi connectivity index (χ4n) is 3.38. The molecule has 0 bridgehead atoms. The second kappa shape index (κ2) is 11.4. The molecule has 0 saturated carbocycles. The normalized spacial score (nSPS) is 15.6. The number of aromatic nitrogens is 1. The molecule has 1 aromatic carbocycles. The molecule has 1 aliphatic heterocycles. The van der Waals surface area contributed by atoms with Crippen molar-refractivity contribution in [3.8, 4) is 0 Å². The van der Waals surface area contributed by atoms with Crippen molar-refractivity contribution in [1.29, 1.82) is 0 Å². The van der Waals surface area contributed by atoms with E-state index >= 15 is 0 Å². The van der Waals surface area contributed by atoms with Crippen molar-refractivity contribution in [2.75, 3.05) is 47.3 Å². The van der Waals surface area contributed by atoms with E-state index in [4.69, 9.17) is 4.52 Å². The highest BCUT2D eigenvalue weighted by Crippen LogP contribution is 2.09. The van der Waals surface area contributed by atoms with Crippen LogP contribution in [-0.2, 0) is 19.6 Å². The molecule has 3 rings (SSSR count). The average Bonchev–Trinajstić information content (AvgIpc) is 3.16. The average molecular weight is 498 g/mol. The first-order valence-corrected chi connectivity index (χ1v) is 9.44. The molecule has 0 spiro atoms. The molecule has 2 heterocycles. The van der Waals surface area contributed by atoms with Crippen LogP contribution >= 0.6 is 24.0 Å². The zero-order valence-electron chi connectivity index (χ0n) is 17.0. The smallest absolute Gasteiger partial charge is 0.194 e. The van der Waals surface area contributed by atoms with Crippen LogP contribution in [0, 0.1) is 0 Å². The van der Waals surface area contributed by atoms with Crippen molar-refractivity contribution in [3.63, 3.8) is 0 Å². The second-order valence-corrected chi connectivity index (χ2v) is 7.21. The zero-order valence-corrected chi connectivity index (χ0v) is 19.3. The molecule has 0 unspecified atom stereocenters. The van der Waals surface area contributed by atoms with Crippen LogP contribution in [0.5, 0.6) is 0 Å². The third-order valence-corrected chi connectivity index (χ3v) is 4.70. The summed E-state index contributed by atoms with van der Waals surface area (Å²) in [6, 6.07) is 10.6. The standard InChI is InChI=1S/C20H30N6O.HI/c1-21-20(22-14-17-5-4-6-18(13-17)15-24(2)3)26-10-8-25(9-11-26)16-19-7-12-27-23-19;/h4-7,12-13H,8-11,14-16H2,1-3H3,(H,21,22);1H. The molecule has 1 N–H and O–H groups in total. The van der Waals surface area contributed by atoms with Crippen molar-refractivity contribution in [2.45, 2.75) is 19.6 Å². The van der Waals surface area contributed by atoms with Crippen LogP contribution in [0.15, 0.2) is 46.1 Å². The van der Waals surface area contributed by atoms with E-state index < -0.39 is 0 Å². The summed E-state index contributed by atoms with van der Waals surface area (Å²) in [5, 5.41) is 7.51. The minimum absolute atomic E-state index is 0. The molecule has 8 heteroatoms. The van der Waals surface area contributed by atoms with Crippen LogP contribution in [0.4, 0.5) is 0 Å². The van der Waals surface area contributed by atoms with Crippen molar-refractivity contribution in [1.82, 2.24) is 25.2 Å². The highest BCUT2D eigenvalue weighted by molar-refractivity contribution is 14.0. The number of benzene rings is 1. The first-order chi connectivity index (χ1) is 13.1. The molecule has 0 atom stereocenters. The van der Waals surface area contributed by atoms with E-state index in [1.54, 1.807) is 6.26 Å². The predicted molar refractivity (Wildman–Crippen MR) is 123 cm³/mol. The summed E-state index contributed by atoms with van der Waals surface area (Å²) in [7, 11) is 6.04. The lowest BCUT2D eigenvalue weighted by atomic mass is 10.1. The van der Waals surface area contributed by atoms with E-state index in [-0.39, 0.29) is 24.0 Å². The number of nitrogens with one attached hydrogen (secondary N) is 1. The van der Waals surface area contributed by atoms with E-state index in [9.17, 15) is 0 Å². The SMILES string of the molecule is CN=C(NCc1cccc(CN(C)C)c1)N1CCN(Cc2ccon2)CC1.I. The number of aliphatic imine (C=N–C) groups is 1. The first kappa shape index (κ1) is 22.6. The Morgan fingerprint density at radius 1 is 1.18 bits per heavy atom.